The van der Waals surface area contributed by atoms with Crippen LogP contribution in [0.3, 0.4) is 0 Å². The quantitative estimate of drug-likeness (QED) is 0.720. The Morgan fingerprint density at radius 1 is 1.37 bits per heavy atom. The lowest BCUT2D eigenvalue weighted by molar-refractivity contribution is -0.140. The van der Waals surface area contributed by atoms with E-state index >= 15 is 0 Å². The minimum atomic E-state index is -0.489. The molecule has 3 rings (SSSR count). The van der Waals surface area contributed by atoms with E-state index in [1.54, 1.807) is 6.20 Å². The molecule has 8 heteroatoms. The summed E-state index contributed by atoms with van der Waals surface area (Å²) in [5, 5.41) is 10.5. The zero-order chi connectivity index (χ0) is 19.4. The Labute approximate surface area is 158 Å². The van der Waals surface area contributed by atoms with Gasteiger partial charge in [0.2, 0.25) is 5.95 Å². The monoisotopic (exact) mass is 371 g/mol. The number of carbonyl (C=O) groups is 1. The molecule has 144 valence electrons. The number of nitrogens with two attached hydrogens (primary N) is 1. The summed E-state index contributed by atoms with van der Waals surface area (Å²) in [4.78, 5) is 26.6. The number of nitrogen functional groups attached to an aromatic ring is 1. The topological polar surface area (TPSA) is 114 Å². The zero-order valence-corrected chi connectivity index (χ0v) is 15.6. The van der Waals surface area contributed by atoms with Crippen molar-refractivity contribution < 1.29 is 14.6 Å². The van der Waals surface area contributed by atoms with E-state index in [4.69, 9.17) is 10.5 Å². The lowest BCUT2D eigenvalue weighted by Gasteiger charge is -2.22. The van der Waals surface area contributed by atoms with Gasteiger partial charge >= 0.3 is 5.97 Å². The minimum Gasteiger partial charge on any atom is -0.469 e. The summed E-state index contributed by atoms with van der Waals surface area (Å²) in [5.74, 6) is 0.634. The van der Waals surface area contributed by atoms with E-state index in [0.717, 1.165) is 17.0 Å². The molecule has 2 aromatic heterocycles. The maximum Gasteiger partial charge on any atom is 0.305 e. The molecule has 2 atom stereocenters. The number of aryl methyl sites for hydroxylation is 1. The summed E-state index contributed by atoms with van der Waals surface area (Å²) in [6.07, 6.45) is 2.66. The van der Waals surface area contributed by atoms with Gasteiger partial charge in [-0.15, -0.1) is 0 Å². The highest BCUT2D eigenvalue weighted by Gasteiger charge is 2.34. The molecule has 0 saturated carbocycles. The number of methoxy groups -OCH3 is 1. The molecule has 2 aromatic rings. The largest absolute Gasteiger partial charge is 0.469 e. The predicted octanol–water partition coefficient (Wildman–Crippen LogP) is 0.908. The Morgan fingerprint density at radius 3 is 2.89 bits per heavy atom. The van der Waals surface area contributed by atoms with Gasteiger partial charge in [0.25, 0.3) is 0 Å². The third kappa shape index (κ3) is 4.51. The number of pyridine rings is 1. The molecule has 1 aliphatic rings. The van der Waals surface area contributed by atoms with Gasteiger partial charge in [-0.25, -0.2) is 4.98 Å². The highest BCUT2D eigenvalue weighted by Crippen LogP contribution is 2.30. The molecule has 3 heterocycles. The number of hydrogen-bond acceptors (Lipinski definition) is 8. The number of nitrogens with zero attached hydrogens (tertiary/aromatic N) is 4. The fraction of sp³-hybridized carbons (Fsp3) is 0.474. The SMILES string of the molecule is COC(=O)CCc1c(C)nc(N)nc1N1C[C@@H](Cc2ccccn2)[C@H](O)C1. The lowest BCUT2D eigenvalue weighted by atomic mass is 10.00. The number of anilines is 2. The molecule has 0 radical (unpaired) electrons. The molecule has 3 N–H and O–H groups in total. The normalized spacial score (nSPS) is 19.3. The number of aliphatic hydroxyl groups excluding tert-OH is 1. The van der Waals surface area contributed by atoms with Crippen molar-refractivity contribution in [3.63, 3.8) is 0 Å². The van der Waals surface area contributed by atoms with E-state index in [0.29, 0.717) is 31.7 Å². The summed E-state index contributed by atoms with van der Waals surface area (Å²) in [6, 6.07) is 5.78. The van der Waals surface area contributed by atoms with Gasteiger partial charge in [0.05, 0.1) is 13.2 Å². The van der Waals surface area contributed by atoms with Crippen LogP contribution in [0, 0.1) is 12.8 Å². The average Bonchev–Trinajstić information content (AvgIpc) is 3.01. The van der Waals surface area contributed by atoms with Gasteiger partial charge in [-0.05, 0) is 31.9 Å². The second-order valence-corrected chi connectivity index (χ2v) is 6.80. The van der Waals surface area contributed by atoms with Crippen molar-refractivity contribution >= 4 is 17.7 Å². The van der Waals surface area contributed by atoms with Crippen molar-refractivity contribution in [3.8, 4) is 0 Å². The molecular weight excluding hydrogens is 346 g/mol. The van der Waals surface area contributed by atoms with Gasteiger partial charge in [0.1, 0.15) is 5.82 Å². The summed E-state index contributed by atoms with van der Waals surface area (Å²) in [7, 11) is 1.37. The van der Waals surface area contributed by atoms with Crippen molar-refractivity contribution in [2.45, 2.75) is 32.3 Å². The number of rotatable bonds is 6. The molecular formula is C19H25N5O3. The van der Waals surface area contributed by atoms with Crippen LogP contribution in [-0.2, 0) is 22.4 Å². The van der Waals surface area contributed by atoms with Gasteiger partial charge in [0.15, 0.2) is 0 Å². The van der Waals surface area contributed by atoms with Crippen molar-refractivity contribution in [1.82, 2.24) is 15.0 Å². The van der Waals surface area contributed by atoms with E-state index in [1.807, 2.05) is 30.0 Å². The van der Waals surface area contributed by atoms with E-state index < -0.39 is 6.10 Å². The van der Waals surface area contributed by atoms with Crippen molar-refractivity contribution in [2.24, 2.45) is 5.92 Å². The number of aliphatic hydroxyl groups is 1. The minimum absolute atomic E-state index is 0.0462. The van der Waals surface area contributed by atoms with Crippen molar-refractivity contribution in [2.75, 3.05) is 30.8 Å². The Bertz CT molecular complexity index is 799. The number of β-amino-alcohol motifs (C(OH)–C–C–N with tert-alkyl or cyclic N) is 1. The number of ether oxygens (including phenoxy) is 1. The first-order valence-electron chi connectivity index (χ1n) is 9.00. The second kappa shape index (κ2) is 8.30. The van der Waals surface area contributed by atoms with Crippen LogP contribution in [0.1, 0.15) is 23.4 Å². The first-order valence-corrected chi connectivity index (χ1v) is 9.00. The standard InChI is InChI=1S/C19H25N5O3/c1-12-15(6-7-17(26)27-2)18(23-19(20)22-12)24-10-13(16(25)11-24)9-14-5-3-4-8-21-14/h3-5,8,13,16,25H,6-7,9-11H2,1-2H3,(H2,20,22,23)/t13-,16-/m1/s1. The molecule has 0 amide bonds. The van der Waals surface area contributed by atoms with E-state index in [9.17, 15) is 9.90 Å². The Balaban J connectivity index is 1.80. The Kier molecular flexibility index (Phi) is 5.85. The predicted molar refractivity (Wildman–Crippen MR) is 101 cm³/mol. The van der Waals surface area contributed by atoms with Gasteiger partial charge < -0.3 is 20.5 Å². The molecule has 0 unspecified atom stereocenters. The molecule has 1 saturated heterocycles. The summed E-state index contributed by atoms with van der Waals surface area (Å²) < 4.78 is 4.74. The summed E-state index contributed by atoms with van der Waals surface area (Å²) >= 11 is 0. The Morgan fingerprint density at radius 2 is 2.19 bits per heavy atom. The van der Waals surface area contributed by atoms with Crippen LogP contribution in [0.2, 0.25) is 0 Å². The molecule has 1 fully saturated rings. The average molecular weight is 371 g/mol. The summed E-state index contributed by atoms with van der Waals surface area (Å²) in [5.41, 5.74) is 8.41. The van der Waals surface area contributed by atoms with Gasteiger partial charge in [0, 0.05) is 48.6 Å². The fourth-order valence-electron chi connectivity index (χ4n) is 3.50. The molecule has 0 spiro atoms. The van der Waals surface area contributed by atoms with Gasteiger partial charge in [-0.3, -0.25) is 9.78 Å². The first kappa shape index (κ1) is 19.0. The van der Waals surface area contributed by atoms with Crippen LogP contribution in [-0.4, -0.2) is 52.3 Å². The molecule has 0 aromatic carbocycles. The molecule has 1 aliphatic heterocycles. The van der Waals surface area contributed by atoms with Crippen molar-refractivity contribution in [1.29, 1.82) is 0 Å². The number of carbonyl (C=O) groups excluding carboxylic acids is 1. The van der Waals surface area contributed by atoms with Crippen LogP contribution >= 0.6 is 0 Å². The highest BCUT2D eigenvalue weighted by atomic mass is 16.5. The lowest BCUT2D eigenvalue weighted by Crippen LogP contribution is -2.25. The Hall–Kier alpha value is -2.74. The summed E-state index contributed by atoms with van der Waals surface area (Å²) in [6.45, 7) is 2.95. The van der Waals surface area contributed by atoms with Crippen molar-refractivity contribution in [3.05, 3.63) is 41.3 Å². The highest BCUT2D eigenvalue weighted by molar-refractivity contribution is 5.70. The van der Waals surface area contributed by atoms with Gasteiger partial charge in [-0.1, -0.05) is 6.07 Å². The molecule has 8 nitrogen and oxygen atoms in total. The van der Waals surface area contributed by atoms with Crippen LogP contribution in [0.4, 0.5) is 11.8 Å². The van der Waals surface area contributed by atoms with Crippen LogP contribution in [0.25, 0.3) is 0 Å². The molecule has 0 bridgehead atoms. The van der Waals surface area contributed by atoms with E-state index in [2.05, 4.69) is 15.0 Å². The van der Waals surface area contributed by atoms with E-state index in [-0.39, 0.29) is 24.3 Å². The van der Waals surface area contributed by atoms with Gasteiger partial charge in [-0.2, -0.15) is 4.98 Å². The third-order valence-corrected chi connectivity index (χ3v) is 4.92. The number of hydrogen-bond donors (Lipinski definition) is 2. The molecule has 27 heavy (non-hydrogen) atoms. The first-order chi connectivity index (χ1) is 13.0. The molecule has 0 aliphatic carbocycles. The van der Waals surface area contributed by atoms with Crippen LogP contribution < -0.4 is 10.6 Å². The fourth-order valence-corrected chi connectivity index (χ4v) is 3.50. The van der Waals surface area contributed by atoms with Crippen LogP contribution in [0.15, 0.2) is 24.4 Å². The van der Waals surface area contributed by atoms with E-state index in [1.165, 1.54) is 7.11 Å². The number of esters is 1. The third-order valence-electron chi connectivity index (χ3n) is 4.92. The zero-order valence-electron chi connectivity index (χ0n) is 15.6. The second-order valence-electron chi connectivity index (χ2n) is 6.80. The maximum atomic E-state index is 11.6. The smallest absolute Gasteiger partial charge is 0.305 e. The maximum absolute atomic E-state index is 11.6. The number of aromatic nitrogens is 3. The van der Waals surface area contributed by atoms with Crippen LogP contribution in [0.5, 0.6) is 0 Å².